The second-order valence-electron chi connectivity index (χ2n) is 8.73. The van der Waals surface area contributed by atoms with Crippen molar-refractivity contribution in [2.24, 2.45) is 0 Å². The van der Waals surface area contributed by atoms with Gasteiger partial charge >= 0.3 is 0 Å². The SMILES string of the molecule is C=CC(=O)Nc1cc(-c2nc(Nc3ccc(Cl)c(N4CCOCC4)c3)ncc2Nc2ccccc2)ccc1F. The van der Waals surface area contributed by atoms with Crippen LogP contribution in [0.5, 0.6) is 0 Å². The minimum absolute atomic E-state index is 0.0176. The van der Waals surface area contributed by atoms with Crippen molar-refractivity contribution in [2.75, 3.05) is 47.2 Å². The van der Waals surface area contributed by atoms with Crippen LogP contribution >= 0.6 is 11.6 Å². The van der Waals surface area contributed by atoms with Crippen molar-refractivity contribution in [2.45, 2.75) is 0 Å². The second-order valence-corrected chi connectivity index (χ2v) is 9.13. The predicted molar refractivity (Wildman–Crippen MR) is 154 cm³/mol. The molecule has 0 aliphatic carbocycles. The van der Waals surface area contributed by atoms with Crippen LogP contribution in [-0.2, 0) is 9.53 Å². The van der Waals surface area contributed by atoms with Gasteiger partial charge in [0.05, 0.1) is 47.2 Å². The highest BCUT2D eigenvalue weighted by atomic mass is 35.5. The zero-order valence-corrected chi connectivity index (χ0v) is 21.7. The lowest BCUT2D eigenvalue weighted by atomic mass is 10.1. The molecule has 4 aromatic rings. The first-order valence-electron chi connectivity index (χ1n) is 12.3. The average Bonchev–Trinajstić information content (AvgIpc) is 2.97. The van der Waals surface area contributed by atoms with Crippen LogP contribution < -0.4 is 20.9 Å². The molecule has 0 spiro atoms. The van der Waals surface area contributed by atoms with Crippen LogP contribution in [0.2, 0.25) is 5.02 Å². The topological polar surface area (TPSA) is 91.4 Å². The van der Waals surface area contributed by atoms with Gasteiger partial charge in [-0.25, -0.2) is 14.4 Å². The van der Waals surface area contributed by atoms with Gasteiger partial charge in [-0.05, 0) is 54.6 Å². The summed E-state index contributed by atoms with van der Waals surface area (Å²) in [4.78, 5) is 23.3. The number of ether oxygens (including phenoxy) is 1. The van der Waals surface area contributed by atoms with Crippen LogP contribution in [0.1, 0.15) is 0 Å². The highest BCUT2D eigenvalue weighted by Gasteiger charge is 2.17. The largest absolute Gasteiger partial charge is 0.378 e. The van der Waals surface area contributed by atoms with Gasteiger partial charge in [0.25, 0.3) is 0 Å². The number of benzene rings is 3. The molecule has 2 heterocycles. The standard InChI is InChI=1S/C29H26ClFN6O2/c1-2-27(38)35-24-16-19(8-11-23(24)31)28-25(33-20-6-4-3-5-7-20)18-32-29(36-28)34-21-9-10-22(30)26(17-21)37-12-14-39-15-13-37/h2-11,16-18,33H,1,12-15H2,(H,35,38)(H,32,34,36). The molecule has 0 bridgehead atoms. The zero-order valence-electron chi connectivity index (χ0n) is 21.0. The van der Waals surface area contributed by atoms with Crippen LogP contribution in [0.3, 0.4) is 0 Å². The van der Waals surface area contributed by atoms with Crippen LogP contribution in [0.15, 0.2) is 85.6 Å². The molecule has 3 N–H and O–H groups in total. The number of anilines is 6. The van der Waals surface area contributed by atoms with E-state index < -0.39 is 11.7 Å². The number of morpholine rings is 1. The first-order chi connectivity index (χ1) is 19.0. The molecule has 1 saturated heterocycles. The van der Waals surface area contributed by atoms with E-state index in [4.69, 9.17) is 21.3 Å². The highest BCUT2D eigenvalue weighted by molar-refractivity contribution is 6.33. The Balaban J connectivity index is 1.51. The first kappa shape index (κ1) is 26.1. The fourth-order valence-electron chi connectivity index (χ4n) is 4.15. The van der Waals surface area contributed by atoms with Crippen molar-refractivity contribution >= 4 is 51.9 Å². The minimum atomic E-state index is -0.573. The number of carbonyl (C=O) groups is 1. The van der Waals surface area contributed by atoms with E-state index in [1.54, 1.807) is 12.3 Å². The summed E-state index contributed by atoms with van der Waals surface area (Å²) in [5, 5.41) is 9.72. The molecule has 0 saturated carbocycles. The second kappa shape index (κ2) is 11.9. The molecule has 5 rings (SSSR count). The van der Waals surface area contributed by atoms with Crippen LogP contribution in [0.25, 0.3) is 11.3 Å². The van der Waals surface area contributed by atoms with Crippen LogP contribution in [0, 0.1) is 5.82 Å². The Labute approximate surface area is 230 Å². The van der Waals surface area contributed by atoms with Gasteiger partial charge in [0.1, 0.15) is 5.82 Å². The number of halogens is 2. The van der Waals surface area contributed by atoms with Gasteiger partial charge in [0, 0.05) is 30.0 Å². The highest BCUT2D eigenvalue weighted by Crippen LogP contribution is 2.34. The Bertz CT molecular complexity index is 1490. The first-order valence-corrected chi connectivity index (χ1v) is 12.7. The van der Waals surface area contributed by atoms with Gasteiger partial charge in [-0.1, -0.05) is 36.4 Å². The van der Waals surface area contributed by atoms with Gasteiger partial charge in [-0.3, -0.25) is 4.79 Å². The number of aromatic nitrogens is 2. The molecule has 1 aliphatic rings. The Morgan fingerprint density at radius 1 is 1.00 bits per heavy atom. The van der Waals surface area contributed by atoms with Gasteiger partial charge in [-0.2, -0.15) is 0 Å². The summed E-state index contributed by atoms with van der Waals surface area (Å²) in [5.41, 5.74) is 4.19. The number of para-hydroxylation sites is 1. The van der Waals surface area contributed by atoms with E-state index in [0.717, 1.165) is 36.2 Å². The van der Waals surface area contributed by atoms with Gasteiger partial charge in [0.2, 0.25) is 11.9 Å². The number of amides is 1. The van der Waals surface area contributed by atoms with Gasteiger partial charge < -0.3 is 25.6 Å². The Kier molecular flexibility index (Phi) is 8.00. The average molecular weight is 545 g/mol. The number of rotatable bonds is 8. The third-order valence-electron chi connectivity index (χ3n) is 6.08. The van der Waals surface area contributed by atoms with Crippen LogP contribution in [-0.4, -0.2) is 42.2 Å². The van der Waals surface area contributed by atoms with Crippen molar-refractivity contribution in [1.82, 2.24) is 9.97 Å². The lowest BCUT2D eigenvalue weighted by Crippen LogP contribution is -2.36. The third-order valence-corrected chi connectivity index (χ3v) is 6.40. The molecular weight excluding hydrogens is 519 g/mol. The summed E-state index contributed by atoms with van der Waals surface area (Å²) >= 11 is 6.49. The Hall–Kier alpha value is -4.47. The smallest absolute Gasteiger partial charge is 0.247 e. The molecule has 39 heavy (non-hydrogen) atoms. The van der Waals surface area contributed by atoms with E-state index in [1.165, 1.54) is 12.1 Å². The van der Waals surface area contributed by atoms with E-state index in [-0.39, 0.29) is 5.69 Å². The maximum atomic E-state index is 14.5. The van der Waals surface area contributed by atoms with Gasteiger partial charge in [-0.15, -0.1) is 0 Å². The lowest BCUT2D eigenvalue weighted by molar-refractivity contribution is -0.111. The molecule has 10 heteroatoms. The molecule has 1 aromatic heterocycles. The van der Waals surface area contributed by atoms with Crippen LogP contribution in [0.4, 0.5) is 38.8 Å². The maximum absolute atomic E-state index is 14.5. The molecule has 1 fully saturated rings. The molecule has 198 valence electrons. The molecule has 1 aliphatic heterocycles. The summed E-state index contributed by atoms with van der Waals surface area (Å²) in [5.74, 6) is -0.756. The van der Waals surface area contributed by atoms with Crippen molar-refractivity contribution in [3.8, 4) is 11.3 Å². The fraction of sp³-hybridized carbons (Fsp3) is 0.138. The van der Waals surface area contributed by atoms with Crippen molar-refractivity contribution in [1.29, 1.82) is 0 Å². The van der Waals surface area contributed by atoms with Gasteiger partial charge in [0.15, 0.2) is 0 Å². The van der Waals surface area contributed by atoms with E-state index in [9.17, 15) is 9.18 Å². The zero-order chi connectivity index (χ0) is 27.2. The summed E-state index contributed by atoms with van der Waals surface area (Å²) in [6.07, 6.45) is 2.74. The summed E-state index contributed by atoms with van der Waals surface area (Å²) in [6.45, 7) is 6.21. The quantitative estimate of drug-likeness (QED) is 0.222. The maximum Gasteiger partial charge on any atom is 0.247 e. The van der Waals surface area contributed by atoms with Crippen molar-refractivity contribution < 1.29 is 13.9 Å². The summed E-state index contributed by atoms with van der Waals surface area (Å²) in [6, 6.07) is 19.6. The molecule has 1 amide bonds. The number of nitrogens with zero attached hydrogens (tertiary/aromatic N) is 3. The lowest BCUT2D eigenvalue weighted by Gasteiger charge is -2.30. The molecule has 8 nitrogen and oxygen atoms in total. The molecular formula is C29H26ClFN6O2. The van der Waals surface area contributed by atoms with E-state index in [0.29, 0.717) is 41.1 Å². The number of hydrogen-bond acceptors (Lipinski definition) is 7. The monoisotopic (exact) mass is 544 g/mol. The number of carbonyl (C=O) groups excluding carboxylic acids is 1. The Morgan fingerprint density at radius 3 is 2.56 bits per heavy atom. The summed E-state index contributed by atoms with van der Waals surface area (Å²) in [7, 11) is 0. The number of nitrogens with one attached hydrogen (secondary N) is 3. The third kappa shape index (κ3) is 6.34. The number of hydrogen-bond donors (Lipinski definition) is 3. The Morgan fingerprint density at radius 2 is 1.79 bits per heavy atom. The predicted octanol–water partition coefficient (Wildman–Crippen LogP) is 6.38. The molecule has 0 atom stereocenters. The molecule has 0 radical (unpaired) electrons. The molecule has 0 unspecified atom stereocenters. The van der Waals surface area contributed by atoms with E-state index >= 15 is 0 Å². The summed E-state index contributed by atoms with van der Waals surface area (Å²) < 4.78 is 19.9. The normalized spacial score (nSPS) is 13.0. The van der Waals surface area contributed by atoms with E-state index in [1.807, 2.05) is 48.5 Å². The van der Waals surface area contributed by atoms with E-state index in [2.05, 4.69) is 32.4 Å². The van der Waals surface area contributed by atoms with Crippen molar-refractivity contribution in [3.05, 3.63) is 96.4 Å². The minimum Gasteiger partial charge on any atom is -0.378 e. The fourth-order valence-corrected chi connectivity index (χ4v) is 4.39. The van der Waals surface area contributed by atoms with Crippen molar-refractivity contribution in [3.63, 3.8) is 0 Å². The molecule has 3 aromatic carbocycles.